The molecule has 0 unspecified atom stereocenters. The molecule has 2 aromatic rings. The lowest BCUT2D eigenvalue weighted by molar-refractivity contribution is 0.0691. The van der Waals surface area contributed by atoms with Crippen molar-refractivity contribution < 1.29 is 4.79 Å². The first-order chi connectivity index (χ1) is 13.7. The first-order valence-electron chi connectivity index (χ1n) is 10.7. The molecule has 28 heavy (non-hydrogen) atoms. The van der Waals surface area contributed by atoms with Crippen molar-refractivity contribution >= 4 is 11.7 Å². The van der Waals surface area contributed by atoms with Crippen LogP contribution < -0.4 is 4.90 Å². The van der Waals surface area contributed by atoms with Crippen LogP contribution in [-0.2, 0) is 0 Å². The van der Waals surface area contributed by atoms with E-state index < -0.39 is 0 Å². The molecule has 2 saturated heterocycles. The summed E-state index contributed by atoms with van der Waals surface area (Å²) < 4.78 is 0. The zero-order valence-electron chi connectivity index (χ0n) is 16.8. The molecule has 2 aliphatic rings. The highest BCUT2D eigenvalue weighted by atomic mass is 16.2. The summed E-state index contributed by atoms with van der Waals surface area (Å²) in [5.41, 5.74) is 1.49. The number of likely N-dealkylation sites (tertiary alicyclic amines) is 1. The molecule has 3 heterocycles. The maximum atomic E-state index is 13.2. The van der Waals surface area contributed by atoms with Crippen molar-refractivity contribution in [2.24, 2.45) is 5.92 Å². The Morgan fingerprint density at radius 1 is 0.929 bits per heavy atom. The Morgan fingerprint density at radius 3 is 2.29 bits per heavy atom. The predicted octanol–water partition coefficient (Wildman–Crippen LogP) is 4.40. The first-order valence-corrected chi connectivity index (χ1v) is 10.7. The second-order valence-corrected chi connectivity index (χ2v) is 8.18. The first kappa shape index (κ1) is 18.9. The van der Waals surface area contributed by atoms with Crippen molar-refractivity contribution in [3.8, 4) is 11.4 Å². The Morgan fingerprint density at radius 2 is 1.61 bits per heavy atom. The molecule has 2 aliphatic heterocycles. The zero-order valence-corrected chi connectivity index (χ0v) is 16.8. The number of anilines is 1. The summed E-state index contributed by atoms with van der Waals surface area (Å²) in [6.45, 7) is 5.91. The van der Waals surface area contributed by atoms with Gasteiger partial charge in [0.05, 0.1) is 0 Å². The van der Waals surface area contributed by atoms with Gasteiger partial charge in [-0.1, -0.05) is 50.1 Å². The number of nitrogens with zero attached hydrogens (tertiary/aromatic N) is 4. The quantitative estimate of drug-likeness (QED) is 0.794. The van der Waals surface area contributed by atoms with Gasteiger partial charge in [0, 0.05) is 37.8 Å². The van der Waals surface area contributed by atoms with Gasteiger partial charge in [-0.25, -0.2) is 9.97 Å². The van der Waals surface area contributed by atoms with Crippen molar-refractivity contribution in [3.05, 3.63) is 42.1 Å². The van der Waals surface area contributed by atoms with Crippen molar-refractivity contribution in [1.82, 2.24) is 14.9 Å². The molecule has 2 fully saturated rings. The van der Waals surface area contributed by atoms with Crippen LogP contribution >= 0.6 is 0 Å². The fourth-order valence-electron chi connectivity index (χ4n) is 4.10. The third kappa shape index (κ3) is 4.34. The van der Waals surface area contributed by atoms with E-state index in [4.69, 9.17) is 4.98 Å². The summed E-state index contributed by atoms with van der Waals surface area (Å²) in [4.78, 5) is 27.0. The highest BCUT2D eigenvalue weighted by molar-refractivity contribution is 5.93. The number of carbonyl (C=O) groups excluding carboxylic acids is 1. The third-order valence-corrected chi connectivity index (χ3v) is 5.96. The van der Waals surface area contributed by atoms with Gasteiger partial charge >= 0.3 is 0 Å². The molecule has 1 amide bonds. The van der Waals surface area contributed by atoms with Crippen LogP contribution in [0.25, 0.3) is 11.4 Å². The largest absolute Gasteiger partial charge is 0.356 e. The van der Waals surface area contributed by atoms with Gasteiger partial charge in [-0.3, -0.25) is 4.79 Å². The lowest BCUT2D eigenvalue weighted by atomic mass is 9.99. The standard InChI is InChI=1S/C23H30N4O/c1-18-11-15-27(16-12-18)23(28)20-17-21(26-13-7-2-3-8-14-26)25-22(24-20)19-9-5-4-6-10-19/h4-6,9-10,17-18H,2-3,7-8,11-16H2,1H3. The van der Waals surface area contributed by atoms with E-state index in [-0.39, 0.29) is 5.91 Å². The number of amides is 1. The Hall–Kier alpha value is -2.43. The SMILES string of the molecule is CC1CCN(C(=O)c2cc(N3CCCCCC3)nc(-c3ccccc3)n2)CC1. The molecule has 1 aromatic heterocycles. The number of aromatic nitrogens is 2. The Kier molecular flexibility index (Phi) is 5.89. The minimum atomic E-state index is 0.0440. The van der Waals surface area contributed by atoms with Crippen LogP contribution in [0.4, 0.5) is 5.82 Å². The molecule has 1 aromatic carbocycles. The Bertz CT molecular complexity index is 792. The minimum Gasteiger partial charge on any atom is -0.356 e. The second-order valence-electron chi connectivity index (χ2n) is 8.18. The van der Waals surface area contributed by atoms with Gasteiger partial charge in [0.2, 0.25) is 0 Å². The molecule has 0 aliphatic carbocycles. The topological polar surface area (TPSA) is 49.3 Å². The number of rotatable bonds is 3. The van der Waals surface area contributed by atoms with E-state index in [1.165, 1.54) is 25.7 Å². The van der Waals surface area contributed by atoms with Crippen molar-refractivity contribution in [2.75, 3.05) is 31.1 Å². The summed E-state index contributed by atoms with van der Waals surface area (Å²) in [6, 6.07) is 11.9. The minimum absolute atomic E-state index is 0.0440. The van der Waals surface area contributed by atoms with Crippen LogP contribution in [0.5, 0.6) is 0 Å². The van der Waals surface area contributed by atoms with Gasteiger partial charge in [0.25, 0.3) is 5.91 Å². The van der Waals surface area contributed by atoms with Crippen LogP contribution in [-0.4, -0.2) is 47.0 Å². The van der Waals surface area contributed by atoms with E-state index in [0.717, 1.165) is 50.4 Å². The molecule has 0 saturated carbocycles. The second kappa shape index (κ2) is 8.72. The van der Waals surface area contributed by atoms with E-state index in [9.17, 15) is 4.79 Å². The number of hydrogen-bond donors (Lipinski definition) is 0. The molecule has 5 heteroatoms. The van der Waals surface area contributed by atoms with Crippen LogP contribution in [0, 0.1) is 5.92 Å². The highest BCUT2D eigenvalue weighted by Crippen LogP contribution is 2.24. The molecular formula is C23H30N4O. The molecule has 0 bridgehead atoms. The van der Waals surface area contributed by atoms with Gasteiger partial charge in [-0.15, -0.1) is 0 Å². The zero-order chi connectivity index (χ0) is 19.3. The lowest BCUT2D eigenvalue weighted by Crippen LogP contribution is -2.38. The number of hydrogen-bond acceptors (Lipinski definition) is 4. The van der Waals surface area contributed by atoms with Gasteiger partial charge < -0.3 is 9.80 Å². The number of carbonyl (C=O) groups is 1. The number of benzene rings is 1. The molecule has 0 radical (unpaired) electrons. The summed E-state index contributed by atoms with van der Waals surface area (Å²) in [6.07, 6.45) is 7.04. The number of piperidine rings is 1. The monoisotopic (exact) mass is 378 g/mol. The molecule has 0 spiro atoms. The summed E-state index contributed by atoms with van der Waals surface area (Å²) in [5.74, 6) is 2.28. The Balaban J connectivity index is 1.68. The van der Waals surface area contributed by atoms with Gasteiger partial charge in [-0.2, -0.15) is 0 Å². The van der Waals surface area contributed by atoms with E-state index in [1.807, 2.05) is 41.3 Å². The summed E-state index contributed by atoms with van der Waals surface area (Å²) in [5, 5.41) is 0. The fraction of sp³-hybridized carbons (Fsp3) is 0.522. The summed E-state index contributed by atoms with van der Waals surface area (Å²) >= 11 is 0. The van der Waals surface area contributed by atoms with Crippen molar-refractivity contribution in [3.63, 3.8) is 0 Å². The molecule has 4 rings (SSSR count). The smallest absolute Gasteiger partial charge is 0.272 e. The highest BCUT2D eigenvalue weighted by Gasteiger charge is 2.24. The van der Waals surface area contributed by atoms with Crippen LogP contribution in [0.15, 0.2) is 36.4 Å². The van der Waals surface area contributed by atoms with Gasteiger partial charge in [-0.05, 0) is 31.6 Å². The van der Waals surface area contributed by atoms with Crippen LogP contribution in [0.2, 0.25) is 0 Å². The van der Waals surface area contributed by atoms with Gasteiger partial charge in [0.1, 0.15) is 11.5 Å². The van der Waals surface area contributed by atoms with Crippen LogP contribution in [0.1, 0.15) is 55.9 Å². The van der Waals surface area contributed by atoms with Gasteiger partial charge in [0.15, 0.2) is 5.82 Å². The molecular weight excluding hydrogens is 348 g/mol. The maximum Gasteiger partial charge on any atom is 0.272 e. The molecule has 0 atom stereocenters. The van der Waals surface area contributed by atoms with Crippen molar-refractivity contribution in [2.45, 2.75) is 45.4 Å². The predicted molar refractivity (Wildman–Crippen MR) is 112 cm³/mol. The van der Waals surface area contributed by atoms with E-state index in [2.05, 4.69) is 16.8 Å². The maximum absolute atomic E-state index is 13.2. The fourth-order valence-corrected chi connectivity index (χ4v) is 4.10. The third-order valence-electron chi connectivity index (χ3n) is 5.96. The average molecular weight is 379 g/mol. The van der Waals surface area contributed by atoms with Crippen LogP contribution in [0.3, 0.4) is 0 Å². The normalized spacial score (nSPS) is 18.8. The summed E-state index contributed by atoms with van der Waals surface area (Å²) in [7, 11) is 0. The van der Waals surface area contributed by atoms with E-state index >= 15 is 0 Å². The Labute approximate surface area is 167 Å². The molecule has 5 nitrogen and oxygen atoms in total. The lowest BCUT2D eigenvalue weighted by Gasteiger charge is -2.30. The molecule has 0 N–H and O–H groups in total. The molecule has 148 valence electrons. The van der Waals surface area contributed by atoms with E-state index in [0.29, 0.717) is 17.4 Å². The average Bonchev–Trinajstić information content (AvgIpc) is 3.04. The van der Waals surface area contributed by atoms with E-state index in [1.54, 1.807) is 0 Å². The van der Waals surface area contributed by atoms with Crippen molar-refractivity contribution in [1.29, 1.82) is 0 Å².